The van der Waals surface area contributed by atoms with Crippen LogP contribution in [-0.2, 0) is 9.53 Å². The Balaban J connectivity index is 2.66. The number of rotatable bonds is 2. The molecule has 0 N–H and O–H groups in total. The van der Waals surface area contributed by atoms with E-state index < -0.39 is 5.41 Å². The Morgan fingerprint density at radius 1 is 1.36 bits per heavy atom. The van der Waals surface area contributed by atoms with Crippen molar-refractivity contribution in [1.82, 2.24) is 0 Å². The molecule has 1 aliphatic rings. The van der Waals surface area contributed by atoms with Crippen LogP contribution in [0, 0.1) is 5.41 Å². The van der Waals surface area contributed by atoms with E-state index in [9.17, 15) is 4.79 Å². The molecule has 0 aliphatic heterocycles. The van der Waals surface area contributed by atoms with Gasteiger partial charge in [0.2, 0.25) is 0 Å². The summed E-state index contributed by atoms with van der Waals surface area (Å²) in [7, 11) is 0. The summed E-state index contributed by atoms with van der Waals surface area (Å²) in [5.74, 6) is -0.126. The van der Waals surface area contributed by atoms with Gasteiger partial charge in [0.1, 0.15) is 5.60 Å². The van der Waals surface area contributed by atoms with Crippen molar-refractivity contribution >= 4 is 5.97 Å². The normalized spacial score (nSPS) is 20.5. The summed E-state index contributed by atoms with van der Waals surface area (Å²) in [5, 5.41) is 0. The molecule has 0 bridgehead atoms. The average molecular weight is 196 g/mol. The summed E-state index contributed by atoms with van der Waals surface area (Å²) in [4.78, 5) is 11.7. The maximum absolute atomic E-state index is 11.7. The maximum Gasteiger partial charge on any atom is 0.312 e. The molecule has 2 nitrogen and oxygen atoms in total. The standard InChI is InChI=1S/C12H20O2/c1-5-12(8-6-7-9-12)14-10(13)11(2,3)4/h5H,1,6-9H2,2-4H3. The van der Waals surface area contributed by atoms with Crippen LogP contribution in [0.5, 0.6) is 0 Å². The lowest BCUT2D eigenvalue weighted by Gasteiger charge is -2.29. The second kappa shape index (κ2) is 3.76. The van der Waals surface area contributed by atoms with Gasteiger partial charge in [0, 0.05) is 0 Å². The Bertz CT molecular complexity index is 229. The summed E-state index contributed by atoms with van der Waals surface area (Å²) < 4.78 is 5.56. The molecular weight excluding hydrogens is 176 g/mol. The van der Waals surface area contributed by atoms with E-state index in [1.807, 2.05) is 20.8 Å². The second-order valence-corrected chi connectivity index (χ2v) is 5.12. The maximum atomic E-state index is 11.7. The molecule has 0 aromatic carbocycles. The first-order chi connectivity index (χ1) is 6.40. The molecule has 0 saturated heterocycles. The Labute approximate surface area is 86.3 Å². The van der Waals surface area contributed by atoms with Gasteiger partial charge >= 0.3 is 5.97 Å². The summed E-state index contributed by atoms with van der Waals surface area (Å²) in [6.45, 7) is 9.40. The van der Waals surface area contributed by atoms with E-state index in [1.54, 1.807) is 6.08 Å². The molecule has 14 heavy (non-hydrogen) atoms. The molecular formula is C12H20O2. The Morgan fingerprint density at radius 3 is 2.21 bits per heavy atom. The molecule has 0 heterocycles. The van der Waals surface area contributed by atoms with Gasteiger partial charge in [-0.2, -0.15) is 0 Å². The fraction of sp³-hybridized carbons (Fsp3) is 0.750. The summed E-state index contributed by atoms with van der Waals surface area (Å²) >= 11 is 0. The minimum absolute atomic E-state index is 0.126. The van der Waals surface area contributed by atoms with Gasteiger partial charge in [-0.3, -0.25) is 4.79 Å². The average Bonchev–Trinajstić information content (AvgIpc) is 2.52. The van der Waals surface area contributed by atoms with Gasteiger partial charge in [0.25, 0.3) is 0 Å². The fourth-order valence-electron chi connectivity index (χ4n) is 1.66. The molecule has 0 unspecified atom stereocenters. The lowest BCUT2D eigenvalue weighted by Crippen LogP contribution is -2.35. The molecule has 0 aromatic rings. The van der Waals surface area contributed by atoms with Crippen molar-refractivity contribution in [2.24, 2.45) is 5.41 Å². The topological polar surface area (TPSA) is 26.3 Å². The van der Waals surface area contributed by atoms with Crippen LogP contribution in [0.15, 0.2) is 12.7 Å². The number of hydrogen-bond donors (Lipinski definition) is 0. The van der Waals surface area contributed by atoms with Gasteiger partial charge in [-0.25, -0.2) is 0 Å². The van der Waals surface area contributed by atoms with Gasteiger partial charge in [0.05, 0.1) is 5.41 Å². The highest BCUT2D eigenvalue weighted by Crippen LogP contribution is 2.35. The minimum atomic E-state index is -0.418. The van der Waals surface area contributed by atoms with Crippen LogP contribution in [0.3, 0.4) is 0 Å². The molecule has 80 valence electrons. The first kappa shape index (κ1) is 11.3. The van der Waals surface area contributed by atoms with Crippen molar-refractivity contribution in [3.8, 4) is 0 Å². The molecule has 1 fully saturated rings. The zero-order valence-corrected chi connectivity index (χ0v) is 9.43. The minimum Gasteiger partial charge on any atom is -0.454 e. The lowest BCUT2D eigenvalue weighted by atomic mass is 9.95. The van der Waals surface area contributed by atoms with Gasteiger partial charge in [-0.1, -0.05) is 6.58 Å². The molecule has 0 radical (unpaired) electrons. The van der Waals surface area contributed by atoms with Gasteiger partial charge in [0.15, 0.2) is 0 Å². The van der Waals surface area contributed by atoms with Gasteiger partial charge < -0.3 is 4.74 Å². The molecule has 2 heteroatoms. The van der Waals surface area contributed by atoms with E-state index in [-0.39, 0.29) is 11.6 Å². The summed E-state index contributed by atoms with van der Waals surface area (Å²) in [5.41, 5.74) is -0.789. The number of hydrogen-bond acceptors (Lipinski definition) is 2. The van der Waals surface area contributed by atoms with Gasteiger partial charge in [-0.05, 0) is 52.5 Å². The van der Waals surface area contributed by atoms with Crippen LogP contribution in [0.1, 0.15) is 46.5 Å². The smallest absolute Gasteiger partial charge is 0.312 e. The summed E-state index contributed by atoms with van der Waals surface area (Å²) in [6.07, 6.45) is 5.91. The highest BCUT2D eigenvalue weighted by molar-refractivity contribution is 5.76. The van der Waals surface area contributed by atoms with Crippen molar-refractivity contribution in [2.45, 2.75) is 52.1 Å². The van der Waals surface area contributed by atoms with Gasteiger partial charge in [-0.15, -0.1) is 0 Å². The number of carbonyl (C=O) groups excluding carboxylic acids is 1. The van der Waals surface area contributed by atoms with Crippen molar-refractivity contribution < 1.29 is 9.53 Å². The zero-order valence-electron chi connectivity index (χ0n) is 9.43. The number of esters is 1. The molecule has 0 atom stereocenters. The molecule has 1 saturated carbocycles. The number of ether oxygens (including phenoxy) is 1. The quantitative estimate of drug-likeness (QED) is 0.501. The third kappa shape index (κ3) is 2.37. The van der Waals surface area contributed by atoms with Crippen LogP contribution in [0.4, 0.5) is 0 Å². The third-order valence-corrected chi connectivity index (χ3v) is 2.73. The molecule has 1 aliphatic carbocycles. The Morgan fingerprint density at radius 2 is 1.86 bits per heavy atom. The second-order valence-electron chi connectivity index (χ2n) is 5.12. The van der Waals surface area contributed by atoms with E-state index in [0.29, 0.717) is 0 Å². The molecule has 0 spiro atoms. The van der Waals surface area contributed by atoms with Crippen LogP contribution in [0.2, 0.25) is 0 Å². The van der Waals surface area contributed by atoms with Crippen LogP contribution >= 0.6 is 0 Å². The predicted molar refractivity (Wildman–Crippen MR) is 56.9 cm³/mol. The highest BCUT2D eigenvalue weighted by atomic mass is 16.6. The van der Waals surface area contributed by atoms with Crippen molar-refractivity contribution in [1.29, 1.82) is 0 Å². The number of carbonyl (C=O) groups is 1. The SMILES string of the molecule is C=CC1(OC(=O)C(C)(C)C)CCCC1. The van der Waals surface area contributed by atoms with E-state index in [1.165, 1.54) is 0 Å². The molecule has 0 aromatic heterocycles. The van der Waals surface area contributed by atoms with Crippen molar-refractivity contribution in [3.05, 3.63) is 12.7 Å². The van der Waals surface area contributed by atoms with Crippen LogP contribution in [0.25, 0.3) is 0 Å². The highest BCUT2D eigenvalue weighted by Gasteiger charge is 2.37. The Hall–Kier alpha value is -0.790. The van der Waals surface area contributed by atoms with E-state index in [0.717, 1.165) is 25.7 Å². The van der Waals surface area contributed by atoms with E-state index in [4.69, 9.17) is 4.74 Å². The van der Waals surface area contributed by atoms with E-state index >= 15 is 0 Å². The predicted octanol–water partition coefficient (Wildman–Crippen LogP) is 3.07. The fourth-order valence-corrected chi connectivity index (χ4v) is 1.66. The van der Waals surface area contributed by atoms with Crippen molar-refractivity contribution in [2.75, 3.05) is 0 Å². The monoisotopic (exact) mass is 196 g/mol. The lowest BCUT2D eigenvalue weighted by molar-refractivity contribution is -0.164. The van der Waals surface area contributed by atoms with Crippen LogP contribution < -0.4 is 0 Å². The Kier molecular flexibility index (Phi) is 3.03. The first-order valence-electron chi connectivity index (χ1n) is 5.27. The largest absolute Gasteiger partial charge is 0.454 e. The molecule has 0 amide bonds. The first-order valence-corrected chi connectivity index (χ1v) is 5.27. The van der Waals surface area contributed by atoms with E-state index in [2.05, 4.69) is 6.58 Å². The van der Waals surface area contributed by atoms with Crippen molar-refractivity contribution in [3.63, 3.8) is 0 Å². The summed E-state index contributed by atoms with van der Waals surface area (Å²) in [6, 6.07) is 0. The van der Waals surface area contributed by atoms with Crippen LogP contribution in [-0.4, -0.2) is 11.6 Å². The third-order valence-electron chi connectivity index (χ3n) is 2.73. The molecule has 1 rings (SSSR count). The zero-order chi connectivity index (χ0) is 10.8.